The minimum absolute atomic E-state index is 0.0587. The first-order valence-corrected chi connectivity index (χ1v) is 10.2. The number of piperidine rings is 1. The van der Waals surface area contributed by atoms with Crippen LogP contribution in [0.3, 0.4) is 0 Å². The fourth-order valence-corrected chi connectivity index (χ4v) is 3.90. The molecule has 4 rings (SSSR count). The van der Waals surface area contributed by atoms with E-state index in [-0.39, 0.29) is 11.7 Å². The van der Waals surface area contributed by atoms with Gasteiger partial charge in [0.2, 0.25) is 0 Å². The third-order valence-electron chi connectivity index (χ3n) is 5.60. The number of aryl methyl sites for hydroxylation is 1. The largest absolute Gasteiger partial charge is 0.445 e. The molecule has 2 aromatic carbocycles. The predicted octanol–water partition coefficient (Wildman–Crippen LogP) is 4.42. The number of carbonyl (C=O) groups excluding carboxylic acids is 1. The van der Waals surface area contributed by atoms with E-state index in [0.29, 0.717) is 30.0 Å². The van der Waals surface area contributed by atoms with Crippen LogP contribution in [0.5, 0.6) is 0 Å². The second kappa shape index (κ2) is 8.99. The van der Waals surface area contributed by atoms with E-state index in [0.717, 1.165) is 44.3 Å². The number of hydrogen-bond acceptors (Lipinski definition) is 4. The zero-order valence-electron chi connectivity index (χ0n) is 16.5. The highest BCUT2D eigenvalue weighted by Gasteiger charge is 2.23. The van der Waals surface area contributed by atoms with E-state index >= 15 is 0 Å². The summed E-state index contributed by atoms with van der Waals surface area (Å²) in [5.41, 5.74) is 1.58. The van der Waals surface area contributed by atoms with Crippen LogP contribution in [0.1, 0.15) is 31.2 Å². The van der Waals surface area contributed by atoms with Crippen LogP contribution in [0.4, 0.5) is 4.79 Å². The summed E-state index contributed by atoms with van der Waals surface area (Å²) >= 11 is 0. The lowest BCUT2D eigenvalue weighted by Crippen LogP contribution is -2.38. The maximum atomic E-state index is 12.3. The maximum absolute atomic E-state index is 12.3. The van der Waals surface area contributed by atoms with Crippen LogP contribution < -0.4 is 5.56 Å². The molecule has 6 heteroatoms. The number of nitrogens with zero attached hydrogens (tertiary/aromatic N) is 2. The van der Waals surface area contributed by atoms with Gasteiger partial charge in [0.1, 0.15) is 6.61 Å². The Labute approximate surface area is 169 Å². The molecule has 1 aliphatic rings. The fraction of sp³-hybridized carbons (Fsp3) is 0.391. The van der Waals surface area contributed by atoms with E-state index in [4.69, 9.17) is 9.26 Å². The Morgan fingerprint density at radius 1 is 1.03 bits per heavy atom. The Balaban J connectivity index is 1.19. The zero-order valence-corrected chi connectivity index (χ0v) is 16.5. The minimum atomic E-state index is -0.235. The van der Waals surface area contributed by atoms with Crippen molar-refractivity contribution in [1.82, 2.24) is 9.64 Å². The first kappa shape index (κ1) is 19.3. The van der Waals surface area contributed by atoms with Gasteiger partial charge in [-0.2, -0.15) is 4.74 Å². The van der Waals surface area contributed by atoms with Gasteiger partial charge >= 0.3 is 6.09 Å². The summed E-state index contributed by atoms with van der Waals surface area (Å²) in [5.74, 6) is 0.563. The van der Waals surface area contributed by atoms with Gasteiger partial charge in [-0.15, -0.1) is 0 Å². The average molecular weight is 394 g/mol. The molecule has 0 bridgehead atoms. The number of amides is 1. The summed E-state index contributed by atoms with van der Waals surface area (Å²) in [6, 6.07) is 17.1. The topological polar surface area (TPSA) is 64.7 Å². The molecule has 0 unspecified atom stereocenters. The first-order chi connectivity index (χ1) is 14.2. The number of fused-ring (bicyclic) bond motifs is 1. The lowest BCUT2D eigenvalue weighted by Gasteiger charge is -2.31. The molecule has 0 N–H and O–H groups in total. The Bertz CT molecular complexity index is 1000. The first-order valence-electron chi connectivity index (χ1n) is 10.2. The number of ether oxygens (including phenoxy) is 1. The monoisotopic (exact) mass is 394 g/mol. The van der Waals surface area contributed by atoms with Gasteiger partial charge < -0.3 is 14.2 Å². The molecule has 152 valence electrons. The van der Waals surface area contributed by atoms with Crippen molar-refractivity contribution in [2.24, 2.45) is 5.92 Å². The molecule has 0 atom stereocenters. The van der Waals surface area contributed by atoms with Gasteiger partial charge in [0.05, 0.1) is 11.9 Å². The molecule has 0 spiro atoms. The molecule has 1 saturated heterocycles. The number of likely N-dealkylation sites (tertiary alicyclic amines) is 1. The van der Waals surface area contributed by atoms with Gasteiger partial charge in [0, 0.05) is 13.1 Å². The molecule has 2 heterocycles. The Hall–Kier alpha value is -3.02. The van der Waals surface area contributed by atoms with Gasteiger partial charge in [-0.25, -0.2) is 4.79 Å². The summed E-state index contributed by atoms with van der Waals surface area (Å²) in [6.45, 7) is 2.35. The summed E-state index contributed by atoms with van der Waals surface area (Å²) in [6.07, 6.45) is 3.62. The van der Waals surface area contributed by atoms with E-state index in [1.165, 1.54) is 4.74 Å². The highest BCUT2D eigenvalue weighted by atomic mass is 16.6. The number of rotatable bonds is 6. The number of hydrogen-bond donors (Lipinski definition) is 0. The van der Waals surface area contributed by atoms with E-state index in [2.05, 4.69) is 0 Å². The summed E-state index contributed by atoms with van der Waals surface area (Å²) in [4.78, 5) is 26.4. The minimum Gasteiger partial charge on any atom is -0.445 e. The standard InChI is InChI=1S/C23H26N2O4/c26-22-20-10-4-5-11-21(20)29-25(22)14-6-9-18-12-15-24(16-13-18)23(27)28-17-19-7-2-1-3-8-19/h1-5,7-8,10-11,18H,6,9,12-17H2. The van der Waals surface area contributed by atoms with Crippen molar-refractivity contribution in [2.75, 3.05) is 13.1 Å². The van der Waals surface area contributed by atoms with E-state index in [9.17, 15) is 9.59 Å². The highest BCUT2D eigenvalue weighted by molar-refractivity contribution is 5.75. The lowest BCUT2D eigenvalue weighted by atomic mass is 9.92. The van der Waals surface area contributed by atoms with Crippen LogP contribution in [-0.2, 0) is 17.9 Å². The smallest absolute Gasteiger partial charge is 0.410 e. The van der Waals surface area contributed by atoms with Gasteiger partial charge in [0.15, 0.2) is 5.58 Å². The van der Waals surface area contributed by atoms with Crippen LogP contribution >= 0.6 is 0 Å². The molecule has 6 nitrogen and oxygen atoms in total. The summed E-state index contributed by atoms with van der Waals surface area (Å²) in [5, 5.41) is 0.634. The Morgan fingerprint density at radius 2 is 1.76 bits per heavy atom. The van der Waals surface area contributed by atoms with Crippen LogP contribution in [0.2, 0.25) is 0 Å². The van der Waals surface area contributed by atoms with Crippen molar-refractivity contribution in [3.05, 3.63) is 70.5 Å². The molecule has 0 radical (unpaired) electrons. The normalized spacial score (nSPS) is 15.0. The van der Waals surface area contributed by atoms with E-state index in [1.54, 1.807) is 11.0 Å². The zero-order chi connectivity index (χ0) is 20.1. The molecule has 29 heavy (non-hydrogen) atoms. The van der Waals surface area contributed by atoms with Crippen molar-refractivity contribution in [1.29, 1.82) is 0 Å². The summed E-state index contributed by atoms with van der Waals surface area (Å²) < 4.78 is 12.5. The Kier molecular flexibility index (Phi) is 5.98. The van der Waals surface area contributed by atoms with Crippen molar-refractivity contribution < 1.29 is 14.1 Å². The number of benzene rings is 2. The van der Waals surface area contributed by atoms with Gasteiger partial charge in [-0.05, 0) is 49.3 Å². The van der Waals surface area contributed by atoms with Gasteiger partial charge in [-0.3, -0.25) is 4.79 Å². The molecular weight excluding hydrogens is 368 g/mol. The quantitative estimate of drug-likeness (QED) is 0.621. The van der Waals surface area contributed by atoms with Crippen LogP contribution in [-0.4, -0.2) is 28.8 Å². The highest BCUT2D eigenvalue weighted by Crippen LogP contribution is 2.23. The molecular formula is C23H26N2O4. The second-order valence-electron chi connectivity index (χ2n) is 7.61. The van der Waals surface area contributed by atoms with Crippen molar-refractivity contribution in [2.45, 2.75) is 38.8 Å². The van der Waals surface area contributed by atoms with E-state index < -0.39 is 0 Å². The van der Waals surface area contributed by atoms with Crippen molar-refractivity contribution in [3.8, 4) is 0 Å². The molecule has 0 saturated carbocycles. The Morgan fingerprint density at radius 3 is 2.52 bits per heavy atom. The number of para-hydroxylation sites is 1. The molecule has 1 fully saturated rings. The molecule has 1 aromatic heterocycles. The van der Waals surface area contributed by atoms with Crippen LogP contribution in [0.15, 0.2) is 63.9 Å². The third-order valence-corrected chi connectivity index (χ3v) is 5.60. The van der Waals surface area contributed by atoms with Crippen molar-refractivity contribution in [3.63, 3.8) is 0 Å². The molecule has 0 aliphatic carbocycles. The number of carbonyl (C=O) groups is 1. The second-order valence-corrected chi connectivity index (χ2v) is 7.61. The van der Waals surface area contributed by atoms with Crippen molar-refractivity contribution >= 4 is 17.1 Å². The molecule has 1 aliphatic heterocycles. The lowest BCUT2D eigenvalue weighted by molar-refractivity contribution is 0.0810. The van der Waals surface area contributed by atoms with Crippen LogP contribution in [0, 0.1) is 5.92 Å². The maximum Gasteiger partial charge on any atom is 0.410 e. The third kappa shape index (κ3) is 4.70. The SMILES string of the molecule is O=C(OCc1ccccc1)N1CCC(CCCn2oc3ccccc3c2=O)CC1. The predicted molar refractivity (Wildman–Crippen MR) is 111 cm³/mol. The average Bonchev–Trinajstić information content (AvgIpc) is 3.09. The fourth-order valence-electron chi connectivity index (χ4n) is 3.90. The number of aromatic nitrogens is 1. The van der Waals surface area contributed by atoms with E-state index in [1.807, 2.05) is 48.5 Å². The summed E-state index contributed by atoms with van der Waals surface area (Å²) in [7, 11) is 0. The van der Waals surface area contributed by atoms with Crippen LogP contribution in [0.25, 0.3) is 11.0 Å². The van der Waals surface area contributed by atoms with Gasteiger partial charge in [0.25, 0.3) is 5.56 Å². The molecule has 3 aromatic rings. The van der Waals surface area contributed by atoms with Gasteiger partial charge in [-0.1, -0.05) is 42.5 Å². The molecule has 1 amide bonds.